The zero-order valence-corrected chi connectivity index (χ0v) is 15.3. The van der Waals surface area contributed by atoms with E-state index >= 15 is 0 Å². The van der Waals surface area contributed by atoms with E-state index in [0.717, 1.165) is 33.5 Å². The Balaban J connectivity index is 1.37. The van der Waals surface area contributed by atoms with Gasteiger partial charge in [0.2, 0.25) is 5.91 Å². The summed E-state index contributed by atoms with van der Waals surface area (Å²) in [5.74, 6) is 1.60. The van der Waals surface area contributed by atoms with Gasteiger partial charge in [-0.05, 0) is 30.3 Å². The third-order valence-corrected chi connectivity index (χ3v) is 4.72. The summed E-state index contributed by atoms with van der Waals surface area (Å²) < 4.78 is 9.07. The van der Waals surface area contributed by atoms with Crippen LogP contribution in [0.3, 0.4) is 0 Å². The molecular formula is C20H21N5O2. The first-order valence-electron chi connectivity index (χ1n) is 8.82. The van der Waals surface area contributed by atoms with Crippen molar-refractivity contribution in [3.8, 4) is 5.75 Å². The number of nitrogens with one attached hydrogen (secondary N) is 1. The molecule has 0 unspecified atom stereocenters. The first-order chi connectivity index (χ1) is 13.2. The number of benzene rings is 2. The molecule has 7 heteroatoms. The Kier molecular flexibility index (Phi) is 4.50. The standard InChI is InChI=1S/C20H21N5O2/c1-24-18-6-4-3-5-16(18)23-19(24)13-21-20(26)9-10-25-17-8-7-15(27-2)11-14(17)12-22-25/h3-8,11-12H,9-10,13H2,1-2H3,(H,21,26). The zero-order valence-electron chi connectivity index (χ0n) is 15.3. The molecule has 7 nitrogen and oxygen atoms in total. The number of aryl methyl sites for hydroxylation is 2. The van der Waals surface area contributed by atoms with Gasteiger partial charge in [0.1, 0.15) is 11.6 Å². The van der Waals surface area contributed by atoms with Crippen LogP contribution in [0.1, 0.15) is 12.2 Å². The molecule has 2 aromatic heterocycles. The molecule has 27 heavy (non-hydrogen) atoms. The van der Waals surface area contributed by atoms with Crippen LogP contribution in [0.2, 0.25) is 0 Å². The third kappa shape index (κ3) is 3.36. The van der Waals surface area contributed by atoms with E-state index in [1.54, 1.807) is 13.3 Å². The number of hydrogen-bond acceptors (Lipinski definition) is 4. The first kappa shape index (κ1) is 17.1. The first-order valence-corrected chi connectivity index (χ1v) is 8.82. The van der Waals surface area contributed by atoms with Crippen LogP contribution in [0.15, 0.2) is 48.7 Å². The van der Waals surface area contributed by atoms with Gasteiger partial charge in [0.05, 0.1) is 42.9 Å². The predicted molar refractivity (Wildman–Crippen MR) is 103 cm³/mol. The average molecular weight is 363 g/mol. The molecule has 4 rings (SSSR count). The minimum Gasteiger partial charge on any atom is -0.497 e. The molecule has 0 aliphatic carbocycles. The van der Waals surface area contributed by atoms with Crippen LogP contribution < -0.4 is 10.1 Å². The molecular weight excluding hydrogens is 342 g/mol. The second kappa shape index (κ2) is 7.11. The number of nitrogens with zero attached hydrogens (tertiary/aromatic N) is 4. The van der Waals surface area contributed by atoms with Crippen LogP contribution in [0.4, 0.5) is 0 Å². The van der Waals surface area contributed by atoms with Crippen molar-refractivity contribution in [3.63, 3.8) is 0 Å². The van der Waals surface area contributed by atoms with Crippen LogP contribution in [0, 0.1) is 0 Å². The Bertz CT molecular complexity index is 1110. The molecule has 0 fully saturated rings. The van der Waals surface area contributed by atoms with E-state index in [1.165, 1.54) is 0 Å². The number of rotatable bonds is 6. The molecule has 0 aliphatic heterocycles. The van der Waals surface area contributed by atoms with Gasteiger partial charge in [0.25, 0.3) is 0 Å². The zero-order chi connectivity index (χ0) is 18.8. The van der Waals surface area contributed by atoms with Gasteiger partial charge in [-0.15, -0.1) is 0 Å². The van der Waals surface area contributed by atoms with Crippen LogP contribution in [-0.2, 0) is 24.9 Å². The summed E-state index contributed by atoms with van der Waals surface area (Å²) in [4.78, 5) is 16.8. The van der Waals surface area contributed by atoms with Gasteiger partial charge in [-0.2, -0.15) is 5.10 Å². The van der Waals surface area contributed by atoms with E-state index in [9.17, 15) is 4.79 Å². The Morgan fingerprint density at radius 2 is 2.04 bits per heavy atom. The topological polar surface area (TPSA) is 74.0 Å². The van der Waals surface area contributed by atoms with Crippen LogP contribution >= 0.6 is 0 Å². The molecule has 0 saturated carbocycles. The van der Waals surface area contributed by atoms with Gasteiger partial charge in [-0.25, -0.2) is 4.98 Å². The lowest BCUT2D eigenvalue weighted by Crippen LogP contribution is -2.25. The van der Waals surface area contributed by atoms with Crippen molar-refractivity contribution in [1.29, 1.82) is 0 Å². The van der Waals surface area contributed by atoms with Gasteiger partial charge in [0, 0.05) is 18.9 Å². The van der Waals surface area contributed by atoms with Crippen molar-refractivity contribution < 1.29 is 9.53 Å². The van der Waals surface area contributed by atoms with Crippen molar-refractivity contribution in [2.75, 3.05) is 7.11 Å². The maximum Gasteiger partial charge on any atom is 0.222 e. The Hall–Kier alpha value is -3.35. The van der Waals surface area contributed by atoms with Crippen molar-refractivity contribution in [2.45, 2.75) is 19.5 Å². The smallest absolute Gasteiger partial charge is 0.222 e. The molecule has 0 aliphatic rings. The summed E-state index contributed by atoms with van der Waals surface area (Å²) in [5.41, 5.74) is 2.97. The Labute approximate surface area is 156 Å². The number of ether oxygens (including phenoxy) is 1. The molecule has 2 heterocycles. The molecule has 4 aromatic rings. The van der Waals surface area contributed by atoms with E-state index in [4.69, 9.17) is 4.74 Å². The number of carbonyl (C=O) groups is 1. The largest absolute Gasteiger partial charge is 0.497 e. The van der Waals surface area contributed by atoms with E-state index < -0.39 is 0 Å². The van der Waals surface area contributed by atoms with Gasteiger partial charge < -0.3 is 14.6 Å². The maximum atomic E-state index is 12.3. The summed E-state index contributed by atoms with van der Waals surface area (Å²) in [7, 11) is 3.60. The highest BCUT2D eigenvalue weighted by atomic mass is 16.5. The number of amides is 1. The number of methoxy groups -OCH3 is 1. The number of aromatic nitrogens is 4. The molecule has 1 amide bonds. The van der Waals surface area contributed by atoms with Crippen molar-refractivity contribution >= 4 is 27.8 Å². The normalized spacial score (nSPS) is 11.2. The average Bonchev–Trinajstić information content (AvgIpc) is 3.25. The Morgan fingerprint density at radius 3 is 2.85 bits per heavy atom. The van der Waals surface area contributed by atoms with E-state index in [-0.39, 0.29) is 5.91 Å². The van der Waals surface area contributed by atoms with Gasteiger partial charge in [-0.3, -0.25) is 9.48 Å². The molecule has 0 bridgehead atoms. The van der Waals surface area contributed by atoms with Crippen molar-refractivity contribution in [2.24, 2.45) is 7.05 Å². The van der Waals surface area contributed by atoms with E-state index in [2.05, 4.69) is 15.4 Å². The lowest BCUT2D eigenvalue weighted by molar-refractivity contribution is -0.121. The van der Waals surface area contributed by atoms with Crippen LogP contribution in [0.5, 0.6) is 5.75 Å². The highest BCUT2D eigenvalue weighted by Gasteiger charge is 2.10. The summed E-state index contributed by atoms with van der Waals surface area (Å²) in [6, 6.07) is 13.7. The fourth-order valence-corrected chi connectivity index (χ4v) is 3.20. The number of hydrogen-bond donors (Lipinski definition) is 1. The highest BCUT2D eigenvalue weighted by molar-refractivity contribution is 5.81. The number of para-hydroxylation sites is 2. The minimum atomic E-state index is -0.0285. The van der Waals surface area contributed by atoms with Crippen molar-refractivity contribution in [1.82, 2.24) is 24.6 Å². The van der Waals surface area contributed by atoms with E-state index in [0.29, 0.717) is 19.5 Å². The molecule has 1 N–H and O–H groups in total. The number of imidazole rings is 1. The molecule has 0 atom stereocenters. The number of carbonyl (C=O) groups excluding carboxylic acids is 1. The highest BCUT2D eigenvalue weighted by Crippen LogP contribution is 2.20. The quantitative estimate of drug-likeness (QED) is 0.571. The second-order valence-electron chi connectivity index (χ2n) is 6.39. The van der Waals surface area contributed by atoms with Gasteiger partial charge in [-0.1, -0.05) is 12.1 Å². The summed E-state index contributed by atoms with van der Waals surface area (Å²) >= 11 is 0. The van der Waals surface area contributed by atoms with Gasteiger partial charge in [0.15, 0.2) is 0 Å². The lowest BCUT2D eigenvalue weighted by Gasteiger charge is -2.07. The third-order valence-electron chi connectivity index (χ3n) is 4.72. The van der Waals surface area contributed by atoms with Gasteiger partial charge >= 0.3 is 0 Å². The van der Waals surface area contributed by atoms with E-state index in [1.807, 2.05) is 58.8 Å². The molecule has 2 aromatic carbocycles. The number of fused-ring (bicyclic) bond motifs is 2. The lowest BCUT2D eigenvalue weighted by atomic mass is 10.2. The molecule has 0 spiro atoms. The summed E-state index contributed by atoms with van der Waals surface area (Å²) in [6.45, 7) is 0.922. The maximum absolute atomic E-state index is 12.3. The monoisotopic (exact) mass is 363 g/mol. The summed E-state index contributed by atoms with van der Waals surface area (Å²) in [5, 5.41) is 8.31. The molecule has 0 saturated heterocycles. The predicted octanol–water partition coefficient (Wildman–Crippen LogP) is 2.64. The SMILES string of the molecule is COc1ccc2c(cnn2CCC(=O)NCc2nc3ccccc3n2C)c1. The second-order valence-corrected chi connectivity index (χ2v) is 6.39. The molecule has 0 radical (unpaired) electrons. The van der Waals surface area contributed by atoms with Crippen LogP contribution in [0.25, 0.3) is 21.9 Å². The van der Waals surface area contributed by atoms with Crippen LogP contribution in [-0.4, -0.2) is 32.3 Å². The van der Waals surface area contributed by atoms with Crippen molar-refractivity contribution in [3.05, 3.63) is 54.5 Å². The minimum absolute atomic E-state index is 0.0285. The fraction of sp³-hybridized carbons (Fsp3) is 0.250. The Morgan fingerprint density at radius 1 is 1.19 bits per heavy atom. The summed E-state index contributed by atoms with van der Waals surface area (Å²) in [6.07, 6.45) is 2.14. The molecule has 138 valence electrons. The fourth-order valence-electron chi connectivity index (χ4n) is 3.20.